The molecule has 3 aromatic rings. The molecule has 1 fully saturated rings. The molecule has 39 heavy (non-hydrogen) atoms. The zero-order valence-electron chi connectivity index (χ0n) is 20.5. The van der Waals surface area contributed by atoms with E-state index < -0.39 is 22.0 Å². The summed E-state index contributed by atoms with van der Waals surface area (Å²) in [4.78, 5) is 49.4. The molecule has 10 nitrogen and oxygen atoms in total. The lowest BCUT2D eigenvalue weighted by molar-refractivity contribution is -0.384. The minimum absolute atomic E-state index is 0.0758. The SMILES string of the molecule is CCOc1cc(/C=C2\SC(=O)N(CCOc3ccc(Cl)cc3)C2=O)ccc1OC(=O)c1ccc([N+](=O)[O-])cc1. The second-order valence-corrected chi connectivity index (χ2v) is 9.40. The minimum Gasteiger partial charge on any atom is -0.492 e. The van der Waals surface area contributed by atoms with Gasteiger partial charge in [0.25, 0.3) is 16.8 Å². The Balaban J connectivity index is 1.43. The van der Waals surface area contributed by atoms with E-state index in [-0.39, 0.29) is 47.4 Å². The topological polar surface area (TPSA) is 125 Å². The third kappa shape index (κ3) is 6.95. The maximum absolute atomic E-state index is 12.9. The molecule has 2 amide bonds. The minimum atomic E-state index is -0.722. The van der Waals surface area contributed by atoms with Gasteiger partial charge >= 0.3 is 5.97 Å². The van der Waals surface area contributed by atoms with Crippen molar-refractivity contribution in [2.45, 2.75) is 6.92 Å². The first kappa shape index (κ1) is 27.7. The number of benzene rings is 3. The van der Waals surface area contributed by atoms with Crippen molar-refractivity contribution < 1.29 is 33.5 Å². The number of imide groups is 1. The Bertz CT molecular complexity index is 1440. The first-order valence-electron chi connectivity index (χ1n) is 11.6. The molecule has 1 heterocycles. The highest BCUT2D eigenvalue weighted by atomic mass is 35.5. The van der Waals surface area contributed by atoms with E-state index in [2.05, 4.69) is 0 Å². The van der Waals surface area contributed by atoms with Crippen LogP contribution in [0.1, 0.15) is 22.8 Å². The predicted molar refractivity (Wildman–Crippen MR) is 145 cm³/mol. The lowest BCUT2D eigenvalue weighted by atomic mass is 10.1. The van der Waals surface area contributed by atoms with E-state index in [1.807, 2.05) is 0 Å². The molecule has 200 valence electrons. The Hall–Kier alpha value is -4.35. The third-order valence-electron chi connectivity index (χ3n) is 5.35. The van der Waals surface area contributed by atoms with Crippen molar-refractivity contribution in [3.63, 3.8) is 0 Å². The molecule has 0 bridgehead atoms. The normalized spacial score (nSPS) is 14.0. The van der Waals surface area contributed by atoms with Gasteiger partial charge in [-0.05, 0) is 78.9 Å². The molecule has 0 spiro atoms. The molecule has 1 saturated heterocycles. The fraction of sp³-hybridized carbons (Fsp3) is 0.148. The first-order valence-corrected chi connectivity index (χ1v) is 12.8. The van der Waals surface area contributed by atoms with E-state index in [1.54, 1.807) is 49.4 Å². The van der Waals surface area contributed by atoms with Crippen molar-refractivity contribution >= 4 is 52.2 Å². The van der Waals surface area contributed by atoms with Crippen LogP contribution in [-0.2, 0) is 4.79 Å². The van der Waals surface area contributed by atoms with E-state index in [0.29, 0.717) is 16.3 Å². The van der Waals surface area contributed by atoms with Gasteiger partial charge < -0.3 is 14.2 Å². The van der Waals surface area contributed by atoms with Crippen LogP contribution in [-0.4, -0.2) is 46.7 Å². The van der Waals surface area contributed by atoms with Crippen molar-refractivity contribution in [2.24, 2.45) is 0 Å². The van der Waals surface area contributed by atoms with Crippen LogP contribution in [0.15, 0.2) is 71.6 Å². The molecule has 0 aromatic heterocycles. The third-order valence-corrected chi connectivity index (χ3v) is 6.51. The number of non-ortho nitro benzene ring substituents is 1. The van der Waals surface area contributed by atoms with Crippen LogP contribution < -0.4 is 14.2 Å². The summed E-state index contributed by atoms with van der Waals surface area (Å²) in [7, 11) is 0. The first-order chi connectivity index (χ1) is 18.7. The van der Waals surface area contributed by atoms with Crippen molar-refractivity contribution in [3.8, 4) is 17.2 Å². The number of carbonyl (C=O) groups excluding carboxylic acids is 3. The molecule has 0 aliphatic carbocycles. The zero-order chi connectivity index (χ0) is 27.9. The van der Waals surface area contributed by atoms with Crippen LogP contribution in [0.25, 0.3) is 6.08 Å². The lowest BCUT2D eigenvalue weighted by Crippen LogP contribution is -2.32. The largest absolute Gasteiger partial charge is 0.492 e. The molecule has 1 aliphatic rings. The second kappa shape index (κ2) is 12.5. The van der Waals surface area contributed by atoms with Gasteiger partial charge in [0.15, 0.2) is 11.5 Å². The molecular weight excluding hydrogens is 548 g/mol. The number of rotatable bonds is 10. The van der Waals surface area contributed by atoms with Crippen molar-refractivity contribution in [1.82, 2.24) is 4.90 Å². The molecule has 4 rings (SSSR count). The summed E-state index contributed by atoms with van der Waals surface area (Å²) in [5, 5.41) is 11.0. The highest BCUT2D eigenvalue weighted by Gasteiger charge is 2.34. The number of halogens is 1. The summed E-state index contributed by atoms with van der Waals surface area (Å²) in [6.07, 6.45) is 1.55. The summed E-state index contributed by atoms with van der Waals surface area (Å²) in [5.74, 6) is -0.224. The molecular formula is C27H21ClN2O8S. The molecule has 0 radical (unpaired) electrons. The maximum atomic E-state index is 12.9. The zero-order valence-corrected chi connectivity index (χ0v) is 22.1. The standard InChI is InChI=1S/C27H21ClN2O8S/c1-2-36-23-15-17(3-12-22(23)38-26(32)18-4-8-20(9-5-18)30(34)35)16-24-25(31)29(27(33)39-24)13-14-37-21-10-6-19(28)7-11-21/h3-12,15-16H,2,13-14H2,1H3/b24-16-. The Labute approximate surface area is 232 Å². The van der Waals surface area contributed by atoms with E-state index in [0.717, 1.165) is 16.7 Å². The lowest BCUT2D eigenvalue weighted by Gasteiger charge is -2.13. The maximum Gasteiger partial charge on any atom is 0.343 e. The molecule has 0 saturated carbocycles. The fourth-order valence-corrected chi connectivity index (χ4v) is 4.47. The summed E-state index contributed by atoms with van der Waals surface area (Å²) in [6.45, 7) is 2.23. The number of amides is 2. The number of esters is 1. The number of nitro groups is 1. The van der Waals surface area contributed by atoms with Gasteiger partial charge in [0, 0.05) is 17.2 Å². The van der Waals surface area contributed by atoms with Gasteiger partial charge in [0.2, 0.25) is 0 Å². The number of nitrogens with zero attached hydrogens (tertiary/aromatic N) is 2. The summed E-state index contributed by atoms with van der Waals surface area (Å²) in [6, 6.07) is 16.5. The molecule has 3 aromatic carbocycles. The van der Waals surface area contributed by atoms with Gasteiger partial charge in [0.05, 0.1) is 28.5 Å². The van der Waals surface area contributed by atoms with Crippen molar-refractivity contribution in [3.05, 3.63) is 97.9 Å². The van der Waals surface area contributed by atoms with E-state index in [4.69, 9.17) is 25.8 Å². The fourth-order valence-electron chi connectivity index (χ4n) is 3.47. The van der Waals surface area contributed by atoms with Crippen LogP contribution in [0.4, 0.5) is 10.5 Å². The highest BCUT2D eigenvalue weighted by molar-refractivity contribution is 8.18. The summed E-state index contributed by atoms with van der Waals surface area (Å²) >= 11 is 6.67. The Morgan fingerprint density at radius 1 is 1.03 bits per heavy atom. The van der Waals surface area contributed by atoms with E-state index in [9.17, 15) is 24.5 Å². The average Bonchev–Trinajstić information content (AvgIpc) is 3.18. The Morgan fingerprint density at radius 2 is 1.74 bits per heavy atom. The average molecular weight is 569 g/mol. The number of ether oxygens (including phenoxy) is 3. The van der Waals surface area contributed by atoms with Crippen LogP contribution in [0, 0.1) is 10.1 Å². The van der Waals surface area contributed by atoms with Crippen LogP contribution in [0.2, 0.25) is 5.02 Å². The number of thioether (sulfide) groups is 1. The Kier molecular flexibility index (Phi) is 8.84. The number of hydrogen-bond acceptors (Lipinski definition) is 9. The van der Waals surface area contributed by atoms with Gasteiger partial charge in [0.1, 0.15) is 12.4 Å². The number of carbonyl (C=O) groups is 3. The van der Waals surface area contributed by atoms with Gasteiger partial charge in [-0.25, -0.2) is 4.79 Å². The van der Waals surface area contributed by atoms with E-state index >= 15 is 0 Å². The van der Waals surface area contributed by atoms with Crippen LogP contribution in [0.5, 0.6) is 17.2 Å². The predicted octanol–water partition coefficient (Wildman–Crippen LogP) is 5.98. The summed E-state index contributed by atoms with van der Waals surface area (Å²) < 4.78 is 16.6. The monoisotopic (exact) mass is 568 g/mol. The van der Waals surface area contributed by atoms with Gasteiger partial charge in [-0.1, -0.05) is 17.7 Å². The smallest absolute Gasteiger partial charge is 0.343 e. The number of nitro benzene ring substituents is 1. The van der Waals surface area contributed by atoms with Gasteiger partial charge in [-0.3, -0.25) is 24.6 Å². The van der Waals surface area contributed by atoms with Gasteiger partial charge in [-0.2, -0.15) is 0 Å². The summed E-state index contributed by atoms with van der Waals surface area (Å²) in [5.41, 5.74) is 0.529. The second-order valence-electron chi connectivity index (χ2n) is 7.97. The van der Waals surface area contributed by atoms with Gasteiger partial charge in [-0.15, -0.1) is 0 Å². The molecule has 1 aliphatic heterocycles. The molecule has 12 heteroatoms. The highest BCUT2D eigenvalue weighted by Crippen LogP contribution is 2.35. The van der Waals surface area contributed by atoms with E-state index in [1.165, 1.54) is 30.3 Å². The van der Waals surface area contributed by atoms with Crippen molar-refractivity contribution in [2.75, 3.05) is 19.8 Å². The molecule has 0 atom stereocenters. The Morgan fingerprint density at radius 3 is 2.41 bits per heavy atom. The number of hydrogen-bond donors (Lipinski definition) is 0. The van der Waals surface area contributed by atoms with Crippen LogP contribution in [0.3, 0.4) is 0 Å². The van der Waals surface area contributed by atoms with Crippen LogP contribution >= 0.6 is 23.4 Å². The quantitative estimate of drug-likeness (QED) is 0.0954. The van der Waals surface area contributed by atoms with Crippen molar-refractivity contribution in [1.29, 1.82) is 0 Å². The molecule has 0 unspecified atom stereocenters. The molecule has 0 N–H and O–H groups in total.